The lowest BCUT2D eigenvalue weighted by molar-refractivity contribution is -0.133. The van der Waals surface area contributed by atoms with E-state index in [0.29, 0.717) is 5.56 Å². The van der Waals surface area contributed by atoms with Gasteiger partial charge in [0.05, 0.1) is 4.90 Å². The number of aryl methyl sites for hydroxylation is 2. The molecule has 2 aromatic carbocycles. The first-order valence-electron chi connectivity index (χ1n) is 12.8. The molecule has 2 aromatic rings. The number of amidine groups is 1. The van der Waals surface area contributed by atoms with Crippen LogP contribution in [0.2, 0.25) is 0 Å². The van der Waals surface area contributed by atoms with Gasteiger partial charge in [0.1, 0.15) is 11.9 Å². The smallest absolute Gasteiger partial charge is 0.241 e. The van der Waals surface area contributed by atoms with E-state index in [2.05, 4.69) is 9.82 Å². The normalized spacial score (nSPS) is 17.9. The van der Waals surface area contributed by atoms with Gasteiger partial charge in [-0.15, -0.1) is 0 Å². The topological polar surface area (TPSA) is 131 Å². The van der Waals surface area contributed by atoms with Gasteiger partial charge in [-0.25, -0.2) is 8.42 Å². The van der Waals surface area contributed by atoms with Crippen LogP contribution in [0.15, 0.2) is 52.5 Å². The summed E-state index contributed by atoms with van der Waals surface area (Å²) in [6, 6.07) is 11.8. The quantitative estimate of drug-likeness (QED) is 0.165. The van der Waals surface area contributed by atoms with Crippen LogP contribution in [0.1, 0.15) is 67.2 Å². The third-order valence-corrected chi connectivity index (χ3v) is 8.99. The molecule has 0 heterocycles. The molecule has 0 bridgehead atoms. The Morgan fingerprint density at radius 2 is 1.69 bits per heavy atom. The summed E-state index contributed by atoms with van der Waals surface area (Å²) in [6.07, 6.45) is 9.48. The molecular formula is C27H37N5O3S. The van der Waals surface area contributed by atoms with Crippen molar-refractivity contribution in [3.8, 4) is 0 Å². The number of nitrogens with two attached hydrogens (primary N) is 2. The van der Waals surface area contributed by atoms with Gasteiger partial charge in [0.2, 0.25) is 15.9 Å². The number of amides is 1. The first-order chi connectivity index (χ1) is 17.3. The molecule has 1 fully saturated rings. The van der Waals surface area contributed by atoms with Gasteiger partial charge in [0.15, 0.2) is 0 Å². The number of carbonyl (C=O) groups is 1. The van der Waals surface area contributed by atoms with Gasteiger partial charge in [-0.1, -0.05) is 49.6 Å². The molecule has 1 saturated carbocycles. The molecule has 4 rings (SSSR count). The van der Waals surface area contributed by atoms with Crippen molar-refractivity contribution in [3.63, 3.8) is 0 Å². The summed E-state index contributed by atoms with van der Waals surface area (Å²) in [6.45, 7) is 0. The fraction of sp³-hybridized carbons (Fsp3) is 0.481. The molecule has 1 amide bonds. The van der Waals surface area contributed by atoms with E-state index in [-0.39, 0.29) is 29.1 Å². The highest BCUT2D eigenvalue weighted by Crippen LogP contribution is 2.26. The van der Waals surface area contributed by atoms with Gasteiger partial charge in [0, 0.05) is 18.7 Å². The Bertz CT molecular complexity index is 1200. The third-order valence-electron chi connectivity index (χ3n) is 7.52. The predicted molar refractivity (Wildman–Crippen MR) is 142 cm³/mol. The number of nitrogens with one attached hydrogen (secondary N) is 1. The van der Waals surface area contributed by atoms with Crippen LogP contribution in [0, 0.1) is 0 Å². The monoisotopic (exact) mass is 511 g/mol. The number of carbonyl (C=O) groups excluding carboxylic acids is 1. The van der Waals surface area contributed by atoms with Crippen molar-refractivity contribution in [1.82, 2.24) is 9.62 Å². The SMILES string of the molecule is CN(C(=O)[C@H](Cc1ccc(/C(N)=N/N)cc1)NS(=O)(=O)c1ccc2c(c1)CCCCC2)C1CCCC1. The van der Waals surface area contributed by atoms with E-state index < -0.39 is 16.1 Å². The fourth-order valence-corrected chi connectivity index (χ4v) is 6.57. The number of hydrogen-bond acceptors (Lipinski definition) is 5. The van der Waals surface area contributed by atoms with Gasteiger partial charge >= 0.3 is 0 Å². The van der Waals surface area contributed by atoms with E-state index in [1.807, 2.05) is 18.2 Å². The molecule has 36 heavy (non-hydrogen) atoms. The minimum atomic E-state index is -3.91. The molecule has 8 nitrogen and oxygen atoms in total. The van der Waals surface area contributed by atoms with Crippen molar-refractivity contribution >= 4 is 21.8 Å². The van der Waals surface area contributed by atoms with E-state index in [1.54, 1.807) is 36.2 Å². The van der Waals surface area contributed by atoms with Crippen molar-refractivity contribution < 1.29 is 13.2 Å². The van der Waals surface area contributed by atoms with E-state index in [0.717, 1.165) is 68.9 Å². The van der Waals surface area contributed by atoms with Gasteiger partial charge in [-0.2, -0.15) is 9.82 Å². The first-order valence-corrected chi connectivity index (χ1v) is 14.3. The lowest BCUT2D eigenvalue weighted by atomic mass is 10.0. The zero-order valence-corrected chi connectivity index (χ0v) is 21.8. The molecule has 2 aliphatic carbocycles. The lowest BCUT2D eigenvalue weighted by Crippen LogP contribution is -2.50. The Balaban J connectivity index is 1.60. The minimum Gasteiger partial charge on any atom is -0.382 e. The van der Waals surface area contributed by atoms with Gasteiger partial charge in [-0.3, -0.25) is 4.79 Å². The molecule has 0 spiro atoms. The van der Waals surface area contributed by atoms with Crippen molar-refractivity contribution in [2.24, 2.45) is 16.7 Å². The average Bonchev–Trinajstić information content (AvgIpc) is 3.32. The number of hydrogen-bond donors (Lipinski definition) is 3. The summed E-state index contributed by atoms with van der Waals surface area (Å²) in [7, 11) is -2.12. The van der Waals surface area contributed by atoms with Crippen LogP contribution in [-0.2, 0) is 34.1 Å². The highest BCUT2D eigenvalue weighted by Gasteiger charge is 2.32. The van der Waals surface area contributed by atoms with Crippen molar-refractivity contribution in [1.29, 1.82) is 0 Å². The zero-order chi connectivity index (χ0) is 25.7. The molecule has 2 aliphatic rings. The zero-order valence-electron chi connectivity index (χ0n) is 20.9. The van der Waals surface area contributed by atoms with Crippen LogP contribution in [0.3, 0.4) is 0 Å². The number of nitrogens with zero attached hydrogens (tertiary/aromatic N) is 2. The second kappa shape index (κ2) is 11.4. The maximum atomic E-state index is 13.6. The molecule has 194 valence electrons. The van der Waals surface area contributed by atoms with E-state index in [4.69, 9.17) is 11.6 Å². The molecule has 0 unspecified atom stereocenters. The van der Waals surface area contributed by atoms with Crippen LogP contribution in [0.25, 0.3) is 0 Å². The highest BCUT2D eigenvalue weighted by molar-refractivity contribution is 7.89. The summed E-state index contributed by atoms with van der Waals surface area (Å²) < 4.78 is 29.8. The second-order valence-corrected chi connectivity index (χ2v) is 11.7. The fourth-order valence-electron chi connectivity index (χ4n) is 5.33. The summed E-state index contributed by atoms with van der Waals surface area (Å²) in [5.41, 5.74) is 9.57. The maximum absolute atomic E-state index is 13.6. The van der Waals surface area contributed by atoms with Crippen molar-refractivity contribution in [2.45, 2.75) is 81.2 Å². The predicted octanol–water partition coefficient (Wildman–Crippen LogP) is 2.83. The largest absolute Gasteiger partial charge is 0.382 e. The average molecular weight is 512 g/mol. The number of benzene rings is 2. The van der Waals surface area contributed by atoms with Gasteiger partial charge < -0.3 is 16.5 Å². The summed E-state index contributed by atoms with van der Waals surface area (Å²) >= 11 is 0. The summed E-state index contributed by atoms with van der Waals surface area (Å²) in [4.78, 5) is 15.5. The Morgan fingerprint density at radius 1 is 1.03 bits per heavy atom. The Kier molecular flexibility index (Phi) is 8.31. The van der Waals surface area contributed by atoms with Crippen LogP contribution >= 0.6 is 0 Å². The van der Waals surface area contributed by atoms with E-state index in [9.17, 15) is 13.2 Å². The van der Waals surface area contributed by atoms with E-state index in [1.165, 1.54) is 5.56 Å². The number of fused-ring (bicyclic) bond motifs is 1. The Hall–Kier alpha value is -2.91. The number of hydrazone groups is 1. The molecule has 5 N–H and O–H groups in total. The first kappa shape index (κ1) is 26.2. The Labute approximate surface area is 214 Å². The third kappa shape index (κ3) is 6.07. The van der Waals surface area contributed by atoms with Gasteiger partial charge in [-0.05, 0) is 73.8 Å². The van der Waals surface area contributed by atoms with Crippen LogP contribution in [0.4, 0.5) is 0 Å². The number of sulfonamides is 1. The molecule has 0 aliphatic heterocycles. The second-order valence-electron chi connectivity index (χ2n) is 9.97. The van der Waals surface area contributed by atoms with Crippen molar-refractivity contribution in [2.75, 3.05) is 7.05 Å². The molecule has 0 aromatic heterocycles. The standard InChI is InChI=1S/C27H37N5O3S/c1-32(23-9-5-6-10-23)27(33)25(17-19-11-13-21(14-12-19)26(28)30-29)31-36(34,35)24-16-15-20-7-3-2-4-8-22(20)18-24/h11-16,18,23,25,31H,2-10,17,29H2,1H3,(H2,28,30)/t25-/m0/s1. The van der Waals surface area contributed by atoms with Crippen LogP contribution in [-0.4, -0.2) is 44.2 Å². The molecule has 1 atom stereocenters. The van der Waals surface area contributed by atoms with Crippen LogP contribution < -0.4 is 16.3 Å². The minimum absolute atomic E-state index is 0.139. The molecule has 0 saturated heterocycles. The highest BCUT2D eigenvalue weighted by atomic mass is 32.2. The Morgan fingerprint density at radius 3 is 2.36 bits per heavy atom. The number of rotatable bonds is 8. The van der Waals surface area contributed by atoms with Gasteiger partial charge in [0.25, 0.3) is 0 Å². The van der Waals surface area contributed by atoms with E-state index >= 15 is 0 Å². The summed E-state index contributed by atoms with van der Waals surface area (Å²) in [5, 5.41) is 3.51. The molecule has 9 heteroatoms. The van der Waals surface area contributed by atoms with Crippen molar-refractivity contribution in [3.05, 3.63) is 64.7 Å². The maximum Gasteiger partial charge on any atom is 0.241 e. The van der Waals surface area contributed by atoms with Crippen LogP contribution in [0.5, 0.6) is 0 Å². The molecular weight excluding hydrogens is 474 g/mol. The molecule has 0 radical (unpaired) electrons. The lowest BCUT2D eigenvalue weighted by Gasteiger charge is -2.29. The number of likely N-dealkylation sites (N-methyl/N-ethyl adjacent to an activating group) is 1. The summed E-state index contributed by atoms with van der Waals surface area (Å²) in [5.74, 6) is 5.26.